The minimum Gasteiger partial charge on any atom is -0.298 e. The predicted octanol–water partition coefficient (Wildman–Crippen LogP) is 3.12. The van der Waals surface area contributed by atoms with Crippen LogP contribution in [0.25, 0.3) is 22.0 Å². The zero-order chi connectivity index (χ0) is 15.7. The van der Waals surface area contributed by atoms with E-state index < -0.39 is 9.84 Å². The van der Waals surface area contributed by atoms with E-state index in [1.54, 1.807) is 18.2 Å². The molecule has 0 aliphatic rings. The number of pyridine rings is 1. The molecule has 0 amide bonds. The quantitative estimate of drug-likeness (QED) is 0.697. The van der Waals surface area contributed by atoms with Crippen LogP contribution in [0.4, 0.5) is 0 Å². The second-order valence-corrected chi connectivity index (χ2v) is 7.01. The Morgan fingerprint density at radius 1 is 1.05 bits per heavy atom. The number of hydrogen-bond acceptors (Lipinski definition) is 4. The Hall–Kier alpha value is -2.53. The molecule has 0 aliphatic carbocycles. The molecule has 2 aromatic carbocycles. The smallest absolute Gasteiger partial charge is 0.177 e. The molecular weight excluding hydrogens is 298 g/mol. The van der Waals surface area contributed by atoms with E-state index in [1.165, 1.54) is 6.20 Å². The molecule has 0 saturated carbocycles. The van der Waals surface area contributed by atoms with Gasteiger partial charge in [0.05, 0.1) is 10.4 Å². The number of carbonyl (C=O) groups excluding carboxylic acids is 1. The molecule has 0 N–H and O–H groups in total. The third-order valence-electron chi connectivity index (χ3n) is 3.46. The van der Waals surface area contributed by atoms with E-state index in [-0.39, 0.29) is 4.90 Å². The van der Waals surface area contributed by atoms with E-state index in [9.17, 15) is 13.2 Å². The summed E-state index contributed by atoms with van der Waals surface area (Å²) in [6.45, 7) is 0. The molecule has 0 radical (unpaired) electrons. The maximum atomic E-state index is 12.1. The summed E-state index contributed by atoms with van der Waals surface area (Å²) >= 11 is 0. The standard InChI is InChI=1S/C17H13NO3S/c1-22(20,21)16-10-18-15-8-7-12(11-19)9-14(15)17(16)13-5-3-2-4-6-13/h2-11H,1H3. The normalized spacial score (nSPS) is 11.5. The van der Waals surface area contributed by atoms with Crippen molar-refractivity contribution in [1.82, 2.24) is 4.98 Å². The molecular formula is C17H13NO3S. The average Bonchev–Trinajstić information content (AvgIpc) is 2.53. The molecule has 0 fully saturated rings. The Morgan fingerprint density at radius 2 is 1.77 bits per heavy atom. The predicted molar refractivity (Wildman–Crippen MR) is 85.7 cm³/mol. The van der Waals surface area contributed by atoms with Crippen LogP contribution in [0, 0.1) is 0 Å². The molecule has 1 heterocycles. The van der Waals surface area contributed by atoms with Crippen molar-refractivity contribution in [2.24, 2.45) is 0 Å². The number of carbonyl (C=O) groups is 1. The van der Waals surface area contributed by atoms with E-state index in [2.05, 4.69) is 4.98 Å². The van der Waals surface area contributed by atoms with Gasteiger partial charge in [0, 0.05) is 29.0 Å². The van der Waals surface area contributed by atoms with Crippen LogP contribution < -0.4 is 0 Å². The molecule has 3 aromatic rings. The van der Waals surface area contributed by atoms with E-state index >= 15 is 0 Å². The molecule has 22 heavy (non-hydrogen) atoms. The van der Waals surface area contributed by atoms with Gasteiger partial charge in [-0.05, 0) is 23.8 Å². The van der Waals surface area contributed by atoms with Gasteiger partial charge in [0.1, 0.15) is 6.29 Å². The highest BCUT2D eigenvalue weighted by Crippen LogP contribution is 2.33. The molecule has 5 heteroatoms. The van der Waals surface area contributed by atoms with Crippen molar-refractivity contribution in [3.8, 4) is 11.1 Å². The lowest BCUT2D eigenvalue weighted by Gasteiger charge is -2.12. The van der Waals surface area contributed by atoms with Crippen LogP contribution in [0.15, 0.2) is 59.6 Å². The number of rotatable bonds is 3. The maximum Gasteiger partial charge on any atom is 0.177 e. The van der Waals surface area contributed by atoms with Gasteiger partial charge in [0.15, 0.2) is 9.84 Å². The van der Waals surface area contributed by atoms with Crippen LogP contribution in [0.5, 0.6) is 0 Å². The monoisotopic (exact) mass is 311 g/mol. The van der Waals surface area contributed by atoms with Crippen molar-refractivity contribution in [2.75, 3.05) is 6.26 Å². The molecule has 4 nitrogen and oxygen atoms in total. The first-order valence-corrected chi connectivity index (χ1v) is 8.53. The van der Waals surface area contributed by atoms with Crippen LogP contribution in [0.3, 0.4) is 0 Å². The summed E-state index contributed by atoms with van der Waals surface area (Å²) in [7, 11) is -3.44. The summed E-state index contributed by atoms with van der Waals surface area (Å²) < 4.78 is 24.2. The van der Waals surface area contributed by atoms with E-state index in [4.69, 9.17) is 0 Å². The molecule has 1 aromatic heterocycles. The number of hydrogen-bond donors (Lipinski definition) is 0. The summed E-state index contributed by atoms with van der Waals surface area (Å²) in [5.74, 6) is 0. The van der Waals surface area contributed by atoms with Gasteiger partial charge in [0.25, 0.3) is 0 Å². The second kappa shape index (κ2) is 5.35. The van der Waals surface area contributed by atoms with Crippen molar-refractivity contribution in [3.63, 3.8) is 0 Å². The summed E-state index contributed by atoms with van der Waals surface area (Å²) in [4.78, 5) is 15.4. The van der Waals surface area contributed by atoms with Crippen LogP contribution in [0.1, 0.15) is 10.4 Å². The van der Waals surface area contributed by atoms with Gasteiger partial charge in [0.2, 0.25) is 0 Å². The van der Waals surface area contributed by atoms with Crippen LogP contribution in [-0.4, -0.2) is 25.9 Å². The Labute approximate surface area is 128 Å². The lowest BCUT2D eigenvalue weighted by atomic mass is 10.00. The van der Waals surface area contributed by atoms with Gasteiger partial charge < -0.3 is 0 Å². The number of nitrogens with zero attached hydrogens (tertiary/aromatic N) is 1. The maximum absolute atomic E-state index is 12.1. The van der Waals surface area contributed by atoms with Crippen LogP contribution in [0.2, 0.25) is 0 Å². The highest BCUT2D eigenvalue weighted by Gasteiger charge is 2.18. The molecule has 0 spiro atoms. The molecule has 0 atom stereocenters. The first kappa shape index (κ1) is 14.4. The van der Waals surface area contributed by atoms with Crippen LogP contribution in [-0.2, 0) is 9.84 Å². The average molecular weight is 311 g/mol. The fourth-order valence-electron chi connectivity index (χ4n) is 2.45. The Balaban J connectivity index is 2.49. The molecule has 0 aliphatic heterocycles. The van der Waals surface area contributed by atoms with E-state index in [0.717, 1.165) is 18.1 Å². The van der Waals surface area contributed by atoms with Gasteiger partial charge in [-0.2, -0.15) is 0 Å². The highest BCUT2D eigenvalue weighted by molar-refractivity contribution is 7.90. The van der Waals surface area contributed by atoms with Gasteiger partial charge >= 0.3 is 0 Å². The third kappa shape index (κ3) is 2.51. The Bertz CT molecular complexity index is 964. The van der Waals surface area contributed by atoms with Crippen molar-refractivity contribution in [3.05, 3.63) is 60.3 Å². The highest BCUT2D eigenvalue weighted by atomic mass is 32.2. The minimum absolute atomic E-state index is 0.161. The van der Waals surface area contributed by atoms with Gasteiger partial charge in [-0.15, -0.1) is 0 Å². The minimum atomic E-state index is -3.44. The molecule has 0 saturated heterocycles. The molecule has 3 rings (SSSR count). The number of sulfone groups is 1. The largest absolute Gasteiger partial charge is 0.298 e. The van der Waals surface area contributed by atoms with Gasteiger partial charge in [-0.1, -0.05) is 30.3 Å². The fourth-order valence-corrected chi connectivity index (χ4v) is 3.29. The number of aromatic nitrogens is 1. The van der Waals surface area contributed by atoms with E-state index in [0.29, 0.717) is 22.0 Å². The third-order valence-corrected chi connectivity index (χ3v) is 4.56. The van der Waals surface area contributed by atoms with Gasteiger partial charge in [-0.3, -0.25) is 9.78 Å². The first-order valence-electron chi connectivity index (χ1n) is 6.64. The lowest BCUT2D eigenvalue weighted by molar-refractivity contribution is 0.112. The number of aldehydes is 1. The summed E-state index contributed by atoms with van der Waals surface area (Å²) in [6.07, 6.45) is 3.27. The topological polar surface area (TPSA) is 64.1 Å². The zero-order valence-electron chi connectivity index (χ0n) is 11.9. The molecule has 110 valence electrons. The summed E-state index contributed by atoms with van der Waals surface area (Å²) in [6, 6.07) is 14.3. The Kier molecular flexibility index (Phi) is 3.50. The lowest BCUT2D eigenvalue weighted by Crippen LogP contribution is -2.02. The molecule has 0 unspecified atom stereocenters. The fraction of sp³-hybridized carbons (Fsp3) is 0.0588. The summed E-state index contributed by atoms with van der Waals surface area (Å²) in [5.41, 5.74) is 2.49. The Morgan fingerprint density at radius 3 is 2.41 bits per heavy atom. The van der Waals surface area contributed by atoms with Gasteiger partial charge in [-0.25, -0.2) is 8.42 Å². The van der Waals surface area contributed by atoms with E-state index in [1.807, 2.05) is 30.3 Å². The van der Waals surface area contributed by atoms with Crippen LogP contribution >= 0.6 is 0 Å². The second-order valence-electron chi connectivity index (χ2n) is 5.03. The van der Waals surface area contributed by atoms with Crippen molar-refractivity contribution < 1.29 is 13.2 Å². The zero-order valence-corrected chi connectivity index (χ0v) is 12.7. The molecule has 0 bridgehead atoms. The number of benzene rings is 2. The number of fused-ring (bicyclic) bond motifs is 1. The summed E-state index contributed by atoms with van der Waals surface area (Å²) in [5, 5.41) is 0.652. The SMILES string of the molecule is CS(=O)(=O)c1cnc2ccc(C=O)cc2c1-c1ccccc1. The first-order chi connectivity index (χ1) is 10.5. The van der Waals surface area contributed by atoms with Crippen molar-refractivity contribution >= 4 is 27.0 Å². The van der Waals surface area contributed by atoms with Crippen molar-refractivity contribution in [1.29, 1.82) is 0 Å². The van der Waals surface area contributed by atoms with Crippen molar-refractivity contribution in [2.45, 2.75) is 4.90 Å².